The third-order valence-corrected chi connectivity index (χ3v) is 3.46. The minimum absolute atomic E-state index is 0.128. The SMILES string of the molecule is CCn1c(Sc2ccc(C(=O)O)cc2F)n[nH]c1=O. The van der Waals surface area contributed by atoms with Gasteiger partial charge in [-0.3, -0.25) is 4.57 Å². The maximum Gasteiger partial charge on any atom is 0.343 e. The first-order chi connectivity index (χ1) is 9.02. The maximum absolute atomic E-state index is 13.7. The number of hydrogen-bond acceptors (Lipinski definition) is 4. The Morgan fingerprint density at radius 2 is 2.32 bits per heavy atom. The van der Waals surface area contributed by atoms with Gasteiger partial charge in [0.15, 0.2) is 5.16 Å². The van der Waals surface area contributed by atoms with E-state index in [-0.39, 0.29) is 16.1 Å². The molecule has 2 aromatic rings. The molecule has 0 amide bonds. The van der Waals surface area contributed by atoms with Crippen molar-refractivity contribution in [1.82, 2.24) is 14.8 Å². The Morgan fingerprint density at radius 3 is 2.89 bits per heavy atom. The molecule has 0 radical (unpaired) electrons. The molecule has 19 heavy (non-hydrogen) atoms. The van der Waals surface area contributed by atoms with E-state index in [0.717, 1.165) is 17.8 Å². The van der Waals surface area contributed by atoms with Crippen LogP contribution in [-0.2, 0) is 6.54 Å². The number of carboxylic acids is 1. The van der Waals surface area contributed by atoms with E-state index in [1.807, 2.05) is 0 Å². The van der Waals surface area contributed by atoms with Crippen molar-refractivity contribution in [3.05, 3.63) is 40.1 Å². The molecule has 100 valence electrons. The Labute approximate surface area is 111 Å². The Balaban J connectivity index is 2.33. The van der Waals surface area contributed by atoms with Crippen molar-refractivity contribution in [1.29, 1.82) is 0 Å². The largest absolute Gasteiger partial charge is 0.478 e. The monoisotopic (exact) mass is 283 g/mol. The van der Waals surface area contributed by atoms with Crippen molar-refractivity contribution in [2.45, 2.75) is 23.5 Å². The average Bonchev–Trinajstić information content (AvgIpc) is 2.72. The van der Waals surface area contributed by atoms with Gasteiger partial charge >= 0.3 is 11.7 Å². The van der Waals surface area contributed by atoms with Gasteiger partial charge in [0.05, 0.1) is 10.5 Å². The zero-order valence-corrected chi connectivity index (χ0v) is 10.7. The van der Waals surface area contributed by atoms with Gasteiger partial charge < -0.3 is 5.11 Å². The number of nitrogens with one attached hydrogen (secondary N) is 1. The van der Waals surface area contributed by atoms with Crippen molar-refractivity contribution in [3.63, 3.8) is 0 Å². The first-order valence-electron chi connectivity index (χ1n) is 5.38. The Kier molecular flexibility index (Phi) is 3.70. The highest BCUT2D eigenvalue weighted by Crippen LogP contribution is 2.28. The molecule has 8 heteroatoms. The second kappa shape index (κ2) is 5.27. The summed E-state index contributed by atoms with van der Waals surface area (Å²) in [5.41, 5.74) is -0.496. The summed E-state index contributed by atoms with van der Waals surface area (Å²) in [7, 11) is 0. The quantitative estimate of drug-likeness (QED) is 0.889. The van der Waals surface area contributed by atoms with Crippen LogP contribution in [0.1, 0.15) is 17.3 Å². The summed E-state index contributed by atoms with van der Waals surface area (Å²) >= 11 is 0.959. The van der Waals surface area contributed by atoms with Crippen molar-refractivity contribution in [3.8, 4) is 0 Å². The number of halogens is 1. The van der Waals surface area contributed by atoms with Crippen LogP contribution < -0.4 is 5.69 Å². The molecule has 6 nitrogen and oxygen atoms in total. The summed E-state index contributed by atoms with van der Waals surface area (Å²) in [6.45, 7) is 2.18. The molecular formula is C11H10FN3O3S. The van der Waals surface area contributed by atoms with Gasteiger partial charge in [0.2, 0.25) is 0 Å². The van der Waals surface area contributed by atoms with Crippen LogP contribution in [0.15, 0.2) is 33.0 Å². The molecule has 1 aromatic heterocycles. The van der Waals surface area contributed by atoms with Crippen molar-refractivity contribution in [2.24, 2.45) is 0 Å². The number of aromatic carboxylic acids is 1. The molecular weight excluding hydrogens is 273 g/mol. The van der Waals surface area contributed by atoms with Crippen LogP contribution in [-0.4, -0.2) is 25.8 Å². The first-order valence-corrected chi connectivity index (χ1v) is 6.20. The minimum atomic E-state index is -1.19. The summed E-state index contributed by atoms with van der Waals surface area (Å²) in [4.78, 5) is 22.2. The van der Waals surface area contributed by atoms with Crippen LogP contribution in [0.5, 0.6) is 0 Å². The highest BCUT2D eigenvalue weighted by atomic mass is 32.2. The third kappa shape index (κ3) is 2.68. The molecule has 1 aromatic carbocycles. The smallest absolute Gasteiger partial charge is 0.343 e. The lowest BCUT2D eigenvalue weighted by molar-refractivity contribution is 0.0696. The molecule has 0 aliphatic heterocycles. The lowest BCUT2D eigenvalue weighted by Gasteiger charge is -2.04. The van der Waals surface area contributed by atoms with E-state index in [4.69, 9.17) is 5.11 Å². The fourth-order valence-corrected chi connectivity index (χ4v) is 2.38. The molecule has 0 aliphatic rings. The van der Waals surface area contributed by atoms with E-state index in [0.29, 0.717) is 11.7 Å². The molecule has 2 rings (SSSR count). The summed E-state index contributed by atoms with van der Waals surface area (Å²) in [5, 5.41) is 15.1. The normalized spacial score (nSPS) is 10.6. The zero-order valence-electron chi connectivity index (χ0n) is 9.88. The fraction of sp³-hybridized carbons (Fsp3) is 0.182. The number of aromatic amines is 1. The van der Waals surface area contributed by atoms with Crippen LogP contribution in [0.4, 0.5) is 4.39 Å². The molecule has 0 saturated carbocycles. The van der Waals surface area contributed by atoms with Crippen molar-refractivity contribution < 1.29 is 14.3 Å². The number of carboxylic acid groups (broad SMARTS) is 1. The molecule has 0 atom stereocenters. The predicted molar refractivity (Wildman–Crippen MR) is 66.0 cm³/mol. The number of aromatic nitrogens is 3. The topological polar surface area (TPSA) is 88.0 Å². The molecule has 0 spiro atoms. The van der Waals surface area contributed by atoms with Gasteiger partial charge in [0, 0.05) is 6.54 Å². The lowest BCUT2D eigenvalue weighted by Crippen LogP contribution is -2.16. The predicted octanol–water partition coefficient (Wildman–Crippen LogP) is 1.58. The Morgan fingerprint density at radius 1 is 1.58 bits per heavy atom. The van der Waals surface area contributed by atoms with E-state index in [9.17, 15) is 14.0 Å². The molecule has 0 saturated heterocycles. The van der Waals surface area contributed by atoms with Crippen LogP contribution in [0.25, 0.3) is 0 Å². The van der Waals surface area contributed by atoms with Gasteiger partial charge in [-0.2, -0.15) is 0 Å². The molecule has 0 unspecified atom stereocenters. The number of rotatable bonds is 4. The number of H-pyrrole nitrogens is 1. The highest BCUT2D eigenvalue weighted by Gasteiger charge is 2.13. The average molecular weight is 283 g/mol. The van der Waals surface area contributed by atoms with Crippen LogP contribution >= 0.6 is 11.8 Å². The second-order valence-corrected chi connectivity index (χ2v) is 4.62. The maximum atomic E-state index is 13.7. The van der Waals surface area contributed by atoms with Gasteiger partial charge in [-0.1, -0.05) is 0 Å². The minimum Gasteiger partial charge on any atom is -0.478 e. The van der Waals surface area contributed by atoms with E-state index in [1.165, 1.54) is 16.7 Å². The third-order valence-electron chi connectivity index (χ3n) is 2.42. The van der Waals surface area contributed by atoms with Crippen LogP contribution in [0.3, 0.4) is 0 Å². The van der Waals surface area contributed by atoms with E-state index >= 15 is 0 Å². The van der Waals surface area contributed by atoms with Crippen LogP contribution in [0, 0.1) is 5.82 Å². The summed E-state index contributed by atoms with van der Waals surface area (Å²) in [6.07, 6.45) is 0. The highest BCUT2D eigenvalue weighted by molar-refractivity contribution is 7.99. The molecule has 2 N–H and O–H groups in total. The van der Waals surface area contributed by atoms with Crippen molar-refractivity contribution >= 4 is 17.7 Å². The van der Waals surface area contributed by atoms with Gasteiger partial charge in [-0.25, -0.2) is 19.1 Å². The molecule has 0 fully saturated rings. The number of hydrogen-bond donors (Lipinski definition) is 2. The van der Waals surface area contributed by atoms with E-state index in [1.54, 1.807) is 6.92 Å². The van der Waals surface area contributed by atoms with E-state index < -0.39 is 11.8 Å². The Bertz CT molecular complexity index is 680. The summed E-state index contributed by atoms with van der Waals surface area (Å²) in [6, 6.07) is 3.59. The molecule has 0 bridgehead atoms. The second-order valence-electron chi connectivity index (χ2n) is 3.61. The van der Waals surface area contributed by atoms with Crippen LogP contribution in [0.2, 0.25) is 0 Å². The standard InChI is InChI=1S/C11H10FN3O3S/c1-2-15-10(18)13-14-11(15)19-8-4-3-6(9(16)17)5-7(8)12/h3-5H,2H2,1H3,(H,13,18)(H,16,17). The number of benzene rings is 1. The Hall–Kier alpha value is -2.09. The first kappa shape index (κ1) is 13.3. The molecule has 0 aliphatic carbocycles. The van der Waals surface area contributed by atoms with Gasteiger partial charge in [-0.05, 0) is 36.9 Å². The number of nitrogens with zero attached hydrogens (tertiary/aromatic N) is 2. The van der Waals surface area contributed by atoms with Gasteiger partial charge in [0.25, 0.3) is 0 Å². The summed E-state index contributed by atoms with van der Waals surface area (Å²) in [5.74, 6) is -1.86. The van der Waals surface area contributed by atoms with Crippen molar-refractivity contribution in [2.75, 3.05) is 0 Å². The van der Waals surface area contributed by atoms with Gasteiger partial charge in [-0.15, -0.1) is 5.10 Å². The summed E-state index contributed by atoms with van der Waals surface area (Å²) < 4.78 is 15.1. The number of carbonyl (C=O) groups is 1. The van der Waals surface area contributed by atoms with Gasteiger partial charge in [0.1, 0.15) is 5.82 Å². The fourth-order valence-electron chi connectivity index (χ4n) is 1.47. The lowest BCUT2D eigenvalue weighted by atomic mass is 10.2. The van der Waals surface area contributed by atoms with E-state index in [2.05, 4.69) is 10.2 Å². The molecule has 1 heterocycles. The zero-order chi connectivity index (χ0) is 14.0.